The van der Waals surface area contributed by atoms with Gasteiger partial charge in [0.05, 0.1) is 6.61 Å². The van der Waals surface area contributed by atoms with Crippen LogP contribution in [-0.2, 0) is 25.7 Å². The van der Waals surface area contributed by atoms with Crippen LogP contribution in [0.5, 0.6) is 0 Å². The van der Waals surface area contributed by atoms with E-state index < -0.39 is 21.5 Å². The van der Waals surface area contributed by atoms with E-state index in [9.17, 15) is 17.2 Å². The zero-order chi connectivity index (χ0) is 12.6. The van der Waals surface area contributed by atoms with E-state index in [-0.39, 0.29) is 6.61 Å². The summed E-state index contributed by atoms with van der Waals surface area (Å²) in [6, 6.07) is 8.23. The van der Waals surface area contributed by atoms with Crippen LogP contribution >= 0.6 is 0 Å². The van der Waals surface area contributed by atoms with Gasteiger partial charge in [-0.15, -0.1) is 0 Å². The van der Waals surface area contributed by atoms with Gasteiger partial charge in [-0.05, 0) is 30.1 Å². The Morgan fingerprint density at radius 3 is 2.06 bits per heavy atom. The van der Waals surface area contributed by atoms with Crippen molar-refractivity contribution in [3.05, 3.63) is 30.3 Å². The van der Waals surface area contributed by atoms with Gasteiger partial charge >= 0.3 is 10.4 Å². The molecule has 0 fully saturated rings. The van der Waals surface area contributed by atoms with Gasteiger partial charge in [-0.3, -0.25) is 8.76 Å². The van der Waals surface area contributed by atoms with Crippen LogP contribution in [0.4, 0.5) is 0 Å². The molecule has 1 aromatic rings. The van der Waals surface area contributed by atoms with Gasteiger partial charge < -0.3 is 4.55 Å². The average Bonchev–Trinajstić information content (AvgIpc) is 2.18. The number of benzene rings is 1. The maximum atomic E-state index is 10.2. The van der Waals surface area contributed by atoms with Crippen LogP contribution in [0, 0.1) is 0 Å². The fourth-order valence-corrected chi connectivity index (χ4v) is 1.36. The Kier molecular flexibility index (Phi) is 7.10. The third-order valence-electron chi connectivity index (χ3n) is 1.20. The van der Waals surface area contributed by atoms with Crippen LogP contribution in [-0.4, -0.2) is 28.3 Å². The highest BCUT2D eigenvalue weighted by Crippen LogP contribution is 2.00. The Hall–Kier alpha value is -0.800. The highest BCUT2D eigenvalue weighted by atomic mass is 32.3. The summed E-state index contributed by atoms with van der Waals surface area (Å²) in [5, 5.41) is 0. The Labute approximate surface area is 96.5 Å². The van der Waals surface area contributed by atoms with E-state index in [4.69, 9.17) is 4.55 Å². The minimum atomic E-state index is -4.17. The summed E-state index contributed by atoms with van der Waals surface area (Å²) in [4.78, 5) is 0.331. The summed E-state index contributed by atoms with van der Waals surface area (Å²) in [7, 11) is -4.17. The second kappa shape index (κ2) is 7.47. The third-order valence-corrected chi connectivity index (χ3v) is 2.39. The van der Waals surface area contributed by atoms with Crippen LogP contribution < -0.4 is 0 Å². The van der Waals surface area contributed by atoms with E-state index in [1.54, 1.807) is 30.3 Å². The molecule has 16 heavy (non-hydrogen) atoms. The molecule has 8 heteroatoms. The van der Waals surface area contributed by atoms with E-state index >= 15 is 0 Å². The first kappa shape index (κ1) is 15.2. The van der Waals surface area contributed by atoms with E-state index in [1.807, 2.05) is 0 Å². The van der Waals surface area contributed by atoms with E-state index in [1.165, 1.54) is 6.92 Å². The van der Waals surface area contributed by atoms with E-state index in [2.05, 4.69) is 4.18 Å². The van der Waals surface area contributed by atoms with Crippen molar-refractivity contribution in [2.24, 2.45) is 0 Å². The largest absolute Gasteiger partial charge is 0.768 e. The average molecular weight is 267 g/mol. The summed E-state index contributed by atoms with van der Waals surface area (Å²) >= 11 is -2.08. The van der Waals surface area contributed by atoms with Gasteiger partial charge in [0.2, 0.25) is 0 Å². The maximum absolute atomic E-state index is 10.2. The molecule has 0 heterocycles. The first-order valence-electron chi connectivity index (χ1n) is 4.13. The quantitative estimate of drug-likeness (QED) is 0.640. The van der Waals surface area contributed by atoms with E-state index in [0.717, 1.165) is 0 Å². The van der Waals surface area contributed by atoms with Gasteiger partial charge in [0.15, 0.2) is 0 Å². The summed E-state index contributed by atoms with van der Waals surface area (Å²) in [5.41, 5.74) is 0. The molecule has 0 amide bonds. The molecule has 0 bridgehead atoms. The van der Waals surface area contributed by atoms with Crippen molar-refractivity contribution in [3.8, 4) is 0 Å². The minimum Gasteiger partial charge on any atom is -0.768 e. The Bertz CT molecular complexity index is 413. The van der Waals surface area contributed by atoms with Gasteiger partial charge in [-0.2, -0.15) is 8.42 Å². The van der Waals surface area contributed by atoms with Crippen molar-refractivity contribution < 1.29 is 25.9 Å². The maximum Gasteiger partial charge on any atom is 0.397 e. The molecule has 1 aromatic carbocycles. The predicted octanol–water partition coefficient (Wildman–Crippen LogP) is 0.750. The lowest BCUT2D eigenvalue weighted by Crippen LogP contribution is -2.01. The summed E-state index contributed by atoms with van der Waals surface area (Å²) < 4.78 is 51.1. The lowest BCUT2D eigenvalue weighted by atomic mass is 10.4. The predicted molar refractivity (Wildman–Crippen MR) is 56.8 cm³/mol. The molecule has 1 unspecified atom stereocenters. The van der Waals surface area contributed by atoms with Gasteiger partial charge in [-0.25, -0.2) is 4.18 Å². The highest BCUT2D eigenvalue weighted by molar-refractivity contribution is 7.80. The van der Waals surface area contributed by atoms with Gasteiger partial charge in [0, 0.05) is 4.90 Å². The molecule has 1 N–H and O–H groups in total. The molecular weight excluding hydrogens is 256 g/mol. The number of rotatable bonds is 3. The van der Waals surface area contributed by atoms with Crippen molar-refractivity contribution in [2.45, 2.75) is 11.8 Å². The Balaban J connectivity index is 0.000000293. The zero-order valence-corrected chi connectivity index (χ0v) is 10.0. The molecule has 0 aliphatic carbocycles. The van der Waals surface area contributed by atoms with Crippen molar-refractivity contribution in [2.75, 3.05) is 6.61 Å². The van der Waals surface area contributed by atoms with Crippen LogP contribution in [0.2, 0.25) is 0 Å². The first-order valence-corrected chi connectivity index (χ1v) is 6.57. The number of hydrogen-bond donors (Lipinski definition) is 1. The van der Waals surface area contributed by atoms with Gasteiger partial charge in [-0.1, -0.05) is 18.2 Å². The molecule has 0 spiro atoms. The second-order valence-electron chi connectivity index (χ2n) is 2.38. The van der Waals surface area contributed by atoms with Crippen LogP contribution in [0.3, 0.4) is 0 Å². The van der Waals surface area contributed by atoms with Crippen molar-refractivity contribution in [1.29, 1.82) is 0 Å². The SMILES string of the molecule is CCOS(=O)(=O)O.O=S([O-])c1ccccc1. The monoisotopic (exact) mass is 267 g/mol. The van der Waals surface area contributed by atoms with Crippen LogP contribution in [0.15, 0.2) is 35.2 Å². The molecule has 0 aliphatic heterocycles. The molecule has 1 atom stereocenters. The van der Waals surface area contributed by atoms with Crippen LogP contribution in [0.1, 0.15) is 6.92 Å². The molecule has 0 aromatic heterocycles. The summed E-state index contributed by atoms with van der Waals surface area (Å²) in [5.74, 6) is 0. The van der Waals surface area contributed by atoms with E-state index in [0.29, 0.717) is 4.90 Å². The third kappa shape index (κ3) is 8.50. The normalized spacial score (nSPS) is 12.4. The fourth-order valence-electron chi connectivity index (χ4n) is 0.681. The zero-order valence-electron chi connectivity index (χ0n) is 8.40. The molecule has 6 nitrogen and oxygen atoms in total. The molecule has 0 radical (unpaired) electrons. The van der Waals surface area contributed by atoms with Crippen molar-refractivity contribution >= 4 is 21.5 Å². The van der Waals surface area contributed by atoms with Gasteiger partial charge in [0.25, 0.3) is 0 Å². The van der Waals surface area contributed by atoms with Crippen molar-refractivity contribution in [3.63, 3.8) is 0 Å². The lowest BCUT2D eigenvalue weighted by molar-refractivity contribution is 0.283. The topological polar surface area (TPSA) is 104 Å². The molecule has 1 rings (SSSR count). The first-order chi connectivity index (χ1) is 7.37. The standard InChI is InChI=1S/C6H6O2S.C2H6O4S/c7-9(8)6-4-2-1-3-5-6;1-2-6-7(3,4)5/h1-5H,(H,7,8);2H2,1H3,(H,3,4,5)/p-1. The molecule has 0 saturated carbocycles. The molecule has 0 saturated heterocycles. The Morgan fingerprint density at radius 1 is 1.38 bits per heavy atom. The van der Waals surface area contributed by atoms with Crippen molar-refractivity contribution in [1.82, 2.24) is 0 Å². The van der Waals surface area contributed by atoms with Gasteiger partial charge in [0.1, 0.15) is 0 Å². The smallest absolute Gasteiger partial charge is 0.397 e. The second-order valence-corrected chi connectivity index (χ2v) is 4.41. The molecule has 0 aliphatic rings. The molecular formula is C8H11O6S2-. The van der Waals surface area contributed by atoms with Crippen LogP contribution in [0.25, 0.3) is 0 Å². The number of hydrogen-bond acceptors (Lipinski definition) is 5. The fraction of sp³-hybridized carbons (Fsp3) is 0.250. The Morgan fingerprint density at radius 2 is 1.88 bits per heavy atom. The summed E-state index contributed by atoms with van der Waals surface area (Å²) in [6.45, 7) is 1.44. The minimum absolute atomic E-state index is 0.0289. The molecule has 92 valence electrons. The summed E-state index contributed by atoms with van der Waals surface area (Å²) in [6.07, 6.45) is 0. The lowest BCUT2D eigenvalue weighted by Gasteiger charge is -2.01. The highest BCUT2D eigenvalue weighted by Gasteiger charge is 1.98.